The summed E-state index contributed by atoms with van der Waals surface area (Å²) in [6.07, 6.45) is -0.898. The fraction of sp³-hybridized carbons (Fsp3) is 0.455. The zero-order valence-corrected chi connectivity index (χ0v) is 9.17. The zero-order valence-electron chi connectivity index (χ0n) is 9.17. The van der Waals surface area contributed by atoms with Crippen molar-refractivity contribution in [2.45, 2.75) is 13.0 Å². The van der Waals surface area contributed by atoms with Crippen molar-refractivity contribution in [3.63, 3.8) is 0 Å². The summed E-state index contributed by atoms with van der Waals surface area (Å²) < 4.78 is 18.7. The van der Waals surface area contributed by atoms with E-state index in [-0.39, 0.29) is 12.1 Å². The predicted octanol–water partition coefficient (Wildman–Crippen LogP) is 1.40. The number of rotatable bonds is 4. The molecular formula is C11H16FNO2. The van der Waals surface area contributed by atoms with Gasteiger partial charge in [0.2, 0.25) is 0 Å². The van der Waals surface area contributed by atoms with Crippen molar-refractivity contribution in [1.29, 1.82) is 0 Å². The Labute approximate surface area is 88.9 Å². The molecule has 3 nitrogen and oxygen atoms in total. The molecule has 84 valence electrons. The molecule has 0 saturated heterocycles. The number of nitrogens with one attached hydrogen (secondary N) is 1. The van der Waals surface area contributed by atoms with Gasteiger partial charge in [0.1, 0.15) is 11.6 Å². The van der Waals surface area contributed by atoms with Crippen LogP contribution in [-0.2, 0) is 0 Å². The Morgan fingerprint density at radius 1 is 1.53 bits per heavy atom. The Morgan fingerprint density at radius 2 is 2.20 bits per heavy atom. The molecule has 0 bridgehead atoms. The maximum absolute atomic E-state index is 13.6. The van der Waals surface area contributed by atoms with Gasteiger partial charge >= 0.3 is 0 Å². The van der Waals surface area contributed by atoms with Crippen LogP contribution in [0.25, 0.3) is 0 Å². The molecule has 0 fully saturated rings. The van der Waals surface area contributed by atoms with Gasteiger partial charge in [-0.25, -0.2) is 4.39 Å². The molecule has 0 spiro atoms. The van der Waals surface area contributed by atoms with E-state index in [1.54, 1.807) is 20.0 Å². The molecule has 1 unspecified atom stereocenters. The number of hydrogen-bond acceptors (Lipinski definition) is 3. The van der Waals surface area contributed by atoms with Crippen LogP contribution >= 0.6 is 0 Å². The Kier molecular flexibility index (Phi) is 4.05. The molecular weight excluding hydrogens is 197 g/mol. The van der Waals surface area contributed by atoms with Crippen molar-refractivity contribution in [1.82, 2.24) is 5.32 Å². The van der Waals surface area contributed by atoms with E-state index in [1.165, 1.54) is 13.2 Å². The minimum absolute atomic E-state index is 0.206. The van der Waals surface area contributed by atoms with E-state index in [9.17, 15) is 9.50 Å². The number of hydrogen-bond donors (Lipinski definition) is 2. The second-order valence-electron chi connectivity index (χ2n) is 3.44. The second-order valence-corrected chi connectivity index (χ2v) is 3.44. The summed E-state index contributed by atoms with van der Waals surface area (Å²) in [6.45, 7) is 2.07. The number of ether oxygens (including phenoxy) is 1. The molecule has 0 radical (unpaired) electrons. The smallest absolute Gasteiger partial charge is 0.133 e. The van der Waals surface area contributed by atoms with Crippen molar-refractivity contribution in [3.05, 3.63) is 29.1 Å². The van der Waals surface area contributed by atoms with Gasteiger partial charge < -0.3 is 15.2 Å². The quantitative estimate of drug-likeness (QED) is 0.794. The highest BCUT2D eigenvalue weighted by Gasteiger charge is 2.18. The van der Waals surface area contributed by atoms with Crippen LogP contribution in [0.4, 0.5) is 4.39 Å². The maximum Gasteiger partial charge on any atom is 0.133 e. The van der Waals surface area contributed by atoms with Crippen molar-refractivity contribution in [3.8, 4) is 5.75 Å². The molecule has 0 aliphatic rings. The molecule has 15 heavy (non-hydrogen) atoms. The van der Waals surface area contributed by atoms with Crippen LogP contribution in [0.3, 0.4) is 0 Å². The Bertz CT molecular complexity index is 342. The van der Waals surface area contributed by atoms with E-state index in [2.05, 4.69) is 5.32 Å². The summed E-state index contributed by atoms with van der Waals surface area (Å²) in [5.41, 5.74) is 0.974. The van der Waals surface area contributed by atoms with Gasteiger partial charge in [0.25, 0.3) is 0 Å². The Hall–Kier alpha value is -1.13. The third-order valence-corrected chi connectivity index (χ3v) is 2.19. The summed E-state index contributed by atoms with van der Waals surface area (Å²) in [7, 11) is 3.16. The van der Waals surface area contributed by atoms with Crippen molar-refractivity contribution in [2.24, 2.45) is 0 Å². The summed E-state index contributed by atoms with van der Waals surface area (Å²) in [5.74, 6) is -0.0511. The SMILES string of the molecule is CNCC(O)c1c(F)cc(C)cc1OC. The molecule has 1 aromatic carbocycles. The normalized spacial score (nSPS) is 12.6. The minimum Gasteiger partial charge on any atom is -0.496 e. The molecule has 0 saturated carbocycles. The minimum atomic E-state index is -0.898. The number of aliphatic hydroxyl groups excluding tert-OH is 1. The fourth-order valence-corrected chi connectivity index (χ4v) is 1.51. The lowest BCUT2D eigenvalue weighted by atomic mass is 10.0. The van der Waals surface area contributed by atoms with Crippen LogP contribution in [0, 0.1) is 12.7 Å². The number of benzene rings is 1. The first-order valence-electron chi connectivity index (χ1n) is 4.76. The highest BCUT2D eigenvalue weighted by atomic mass is 19.1. The first-order chi connectivity index (χ1) is 7.10. The molecule has 1 atom stereocenters. The van der Waals surface area contributed by atoms with Gasteiger partial charge in [-0.15, -0.1) is 0 Å². The van der Waals surface area contributed by atoms with Gasteiger partial charge in [-0.3, -0.25) is 0 Å². The first-order valence-corrected chi connectivity index (χ1v) is 4.76. The molecule has 1 rings (SSSR count). The lowest BCUT2D eigenvalue weighted by Crippen LogP contribution is -2.18. The zero-order chi connectivity index (χ0) is 11.4. The van der Waals surface area contributed by atoms with E-state index in [1.807, 2.05) is 0 Å². The Balaban J connectivity index is 3.14. The summed E-state index contributed by atoms with van der Waals surface area (Å²) in [4.78, 5) is 0. The van der Waals surface area contributed by atoms with E-state index < -0.39 is 11.9 Å². The van der Waals surface area contributed by atoms with Crippen LogP contribution in [-0.4, -0.2) is 25.8 Å². The third kappa shape index (κ3) is 2.67. The van der Waals surface area contributed by atoms with Gasteiger partial charge in [-0.05, 0) is 31.7 Å². The van der Waals surface area contributed by atoms with Crippen LogP contribution in [0.1, 0.15) is 17.2 Å². The second kappa shape index (κ2) is 5.09. The molecule has 0 aliphatic heterocycles. The maximum atomic E-state index is 13.6. The molecule has 2 N–H and O–H groups in total. The highest BCUT2D eigenvalue weighted by Crippen LogP contribution is 2.29. The molecule has 0 heterocycles. The molecule has 0 aliphatic carbocycles. The molecule has 0 amide bonds. The lowest BCUT2D eigenvalue weighted by Gasteiger charge is -2.16. The predicted molar refractivity (Wildman–Crippen MR) is 56.6 cm³/mol. The van der Waals surface area contributed by atoms with Gasteiger partial charge in [-0.1, -0.05) is 0 Å². The molecule has 1 aromatic rings. The third-order valence-electron chi connectivity index (χ3n) is 2.19. The van der Waals surface area contributed by atoms with Gasteiger partial charge in [0.15, 0.2) is 0 Å². The number of methoxy groups -OCH3 is 1. The van der Waals surface area contributed by atoms with E-state index in [0.29, 0.717) is 5.75 Å². The van der Waals surface area contributed by atoms with Gasteiger partial charge in [-0.2, -0.15) is 0 Å². The lowest BCUT2D eigenvalue weighted by molar-refractivity contribution is 0.168. The summed E-state index contributed by atoms with van der Waals surface area (Å²) >= 11 is 0. The monoisotopic (exact) mass is 213 g/mol. The van der Waals surface area contributed by atoms with Crippen molar-refractivity contribution >= 4 is 0 Å². The largest absolute Gasteiger partial charge is 0.496 e. The Morgan fingerprint density at radius 3 is 2.73 bits per heavy atom. The average Bonchev–Trinajstić information content (AvgIpc) is 2.16. The summed E-state index contributed by atoms with van der Waals surface area (Å²) in [5, 5.41) is 12.5. The highest BCUT2D eigenvalue weighted by molar-refractivity contribution is 5.40. The molecule has 0 aromatic heterocycles. The standard InChI is InChI=1S/C11H16FNO2/c1-7-4-8(12)11(9(14)6-13-2)10(5-7)15-3/h4-5,9,13-14H,6H2,1-3H3. The van der Waals surface area contributed by atoms with Crippen LogP contribution in [0.5, 0.6) is 5.75 Å². The average molecular weight is 213 g/mol. The fourth-order valence-electron chi connectivity index (χ4n) is 1.51. The van der Waals surface area contributed by atoms with Crippen molar-refractivity contribution in [2.75, 3.05) is 20.7 Å². The van der Waals surface area contributed by atoms with Crippen molar-refractivity contribution < 1.29 is 14.2 Å². The van der Waals surface area contributed by atoms with Gasteiger partial charge in [0.05, 0.1) is 18.8 Å². The number of aliphatic hydroxyl groups is 1. The van der Waals surface area contributed by atoms with E-state index in [0.717, 1.165) is 5.56 Å². The van der Waals surface area contributed by atoms with E-state index >= 15 is 0 Å². The topological polar surface area (TPSA) is 41.5 Å². The van der Waals surface area contributed by atoms with Crippen LogP contribution in [0.15, 0.2) is 12.1 Å². The van der Waals surface area contributed by atoms with Gasteiger partial charge in [0, 0.05) is 6.54 Å². The number of aryl methyl sites for hydroxylation is 1. The number of halogens is 1. The van der Waals surface area contributed by atoms with E-state index in [4.69, 9.17) is 4.74 Å². The number of likely N-dealkylation sites (N-methyl/N-ethyl adjacent to an activating group) is 1. The molecule has 4 heteroatoms. The summed E-state index contributed by atoms with van der Waals surface area (Å²) in [6, 6.07) is 3.09. The first kappa shape index (κ1) is 11.9. The van der Waals surface area contributed by atoms with Crippen LogP contribution in [0.2, 0.25) is 0 Å². The van der Waals surface area contributed by atoms with Crippen LogP contribution < -0.4 is 10.1 Å².